The van der Waals surface area contributed by atoms with Crippen molar-refractivity contribution in [3.05, 3.63) is 34.3 Å². The smallest absolute Gasteiger partial charge is 0.231 e. The van der Waals surface area contributed by atoms with E-state index in [0.29, 0.717) is 13.2 Å². The van der Waals surface area contributed by atoms with E-state index in [1.165, 1.54) is 0 Å². The van der Waals surface area contributed by atoms with Gasteiger partial charge < -0.3 is 10.1 Å². The molecule has 1 aromatic rings. The van der Waals surface area contributed by atoms with Crippen LogP contribution in [0.4, 0.5) is 0 Å². The van der Waals surface area contributed by atoms with Crippen LogP contribution < -0.4 is 5.32 Å². The van der Waals surface area contributed by atoms with E-state index in [2.05, 4.69) is 28.2 Å². The van der Waals surface area contributed by atoms with E-state index in [1.54, 1.807) is 0 Å². The minimum Gasteiger partial charge on any atom is -0.381 e. The molecule has 1 heterocycles. The van der Waals surface area contributed by atoms with Crippen molar-refractivity contribution in [1.29, 1.82) is 0 Å². The van der Waals surface area contributed by atoms with Gasteiger partial charge >= 0.3 is 0 Å². The summed E-state index contributed by atoms with van der Waals surface area (Å²) in [6.07, 6.45) is 2.44. The van der Waals surface area contributed by atoms with Crippen molar-refractivity contribution in [2.75, 3.05) is 13.2 Å². The Hall–Kier alpha value is -0.870. The third-order valence-electron chi connectivity index (χ3n) is 4.17. The quantitative estimate of drug-likeness (QED) is 0.912. The van der Waals surface area contributed by atoms with Crippen LogP contribution in [0.2, 0.25) is 0 Å². The SMILES string of the molecule is CC[C@H](C)NC(=O)C1(c2ccc(Br)cc2)CCOCC1. The number of carbonyl (C=O) groups excluding carboxylic acids is 1. The lowest BCUT2D eigenvalue weighted by atomic mass is 9.73. The predicted molar refractivity (Wildman–Crippen MR) is 83.8 cm³/mol. The standard InChI is InChI=1S/C16H22BrNO2/c1-3-12(2)18-15(19)16(8-10-20-11-9-16)13-4-6-14(17)7-5-13/h4-7,12H,3,8-11H2,1-2H3,(H,18,19)/t12-/m0/s1. The molecule has 1 atom stereocenters. The average Bonchev–Trinajstić information content (AvgIpc) is 2.48. The number of hydrogen-bond acceptors (Lipinski definition) is 2. The van der Waals surface area contributed by atoms with Gasteiger partial charge in [-0.1, -0.05) is 35.0 Å². The number of carbonyl (C=O) groups is 1. The van der Waals surface area contributed by atoms with Gasteiger partial charge in [0.2, 0.25) is 5.91 Å². The van der Waals surface area contributed by atoms with E-state index in [0.717, 1.165) is 29.3 Å². The van der Waals surface area contributed by atoms with Crippen LogP contribution in [-0.2, 0) is 14.9 Å². The summed E-state index contributed by atoms with van der Waals surface area (Å²) in [6.45, 7) is 5.42. The first kappa shape index (κ1) is 15.5. The molecular formula is C16H22BrNO2. The zero-order valence-electron chi connectivity index (χ0n) is 12.1. The van der Waals surface area contributed by atoms with Crippen LogP contribution in [0.5, 0.6) is 0 Å². The van der Waals surface area contributed by atoms with Crippen molar-refractivity contribution < 1.29 is 9.53 Å². The number of benzene rings is 1. The van der Waals surface area contributed by atoms with E-state index in [-0.39, 0.29) is 11.9 Å². The molecule has 1 aromatic carbocycles. The Morgan fingerprint density at radius 2 is 1.95 bits per heavy atom. The fourth-order valence-corrected chi connectivity index (χ4v) is 2.86. The third kappa shape index (κ3) is 3.23. The molecule has 0 aromatic heterocycles. The van der Waals surface area contributed by atoms with Crippen LogP contribution in [-0.4, -0.2) is 25.2 Å². The molecular weight excluding hydrogens is 318 g/mol. The van der Waals surface area contributed by atoms with Gasteiger partial charge in [-0.25, -0.2) is 0 Å². The molecule has 20 heavy (non-hydrogen) atoms. The summed E-state index contributed by atoms with van der Waals surface area (Å²) in [5.74, 6) is 0.137. The first-order valence-electron chi connectivity index (χ1n) is 7.23. The molecule has 4 heteroatoms. The van der Waals surface area contributed by atoms with Crippen LogP contribution in [0.25, 0.3) is 0 Å². The van der Waals surface area contributed by atoms with E-state index < -0.39 is 5.41 Å². The van der Waals surface area contributed by atoms with Gasteiger partial charge in [0.25, 0.3) is 0 Å². The minimum atomic E-state index is -0.442. The maximum absolute atomic E-state index is 12.8. The molecule has 3 nitrogen and oxygen atoms in total. The Bertz CT molecular complexity index is 452. The normalized spacial score (nSPS) is 19.4. The summed E-state index contributed by atoms with van der Waals surface area (Å²) in [5, 5.41) is 3.15. The molecule has 1 amide bonds. The van der Waals surface area contributed by atoms with E-state index >= 15 is 0 Å². The van der Waals surface area contributed by atoms with Crippen molar-refractivity contribution in [3.8, 4) is 0 Å². The highest BCUT2D eigenvalue weighted by atomic mass is 79.9. The van der Waals surface area contributed by atoms with Gasteiger partial charge in [0.05, 0.1) is 5.41 Å². The molecule has 0 saturated carbocycles. The first-order chi connectivity index (χ1) is 9.58. The monoisotopic (exact) mass is 339 g/mol. The lowest BCUT2D eigenvalue weighted by Gasteiger charge is -2.37. The van der Waals surface area contributed by atoms with E-state index in [4.69, 9.17) is 4.74 Å². The Balaban J connectivity index is 2.29. The maximum Gasteiger partial charge on any atom is 0.231 e. The Morgan fingerprint density at radius 1 is 1.35 bits per heavy atom. The van der Waals surface area contributed by atoms with Gasteiger partial charge in [0.15, 0.2) is 0 Å². The van der Waals surface area contributed by atoms with Gasteiger partial charge in [0, 0.05) is 23.7 Å². The van der Waals surface area contributed by atoms with Crippen molar-refractivity contribution in [2.45, 2.75) is 44.6 Å². The summed E-state index contributed by atoms with van der Waals surface area (Å²) in [4.78, 5) is 12.8. The molecule has 0 spiro atoms. The largest absolute Gasteiger partial charge is 0.381 e. The van der Waals surface area contributed by atoms with Crippen LogP contribution in [0.15, 0.2) is 28.7 Å². The zero-order chi connectivity index (χ0) is 14.6. The van der Waals surface area contributed by atoms with Crippen molar-refractivity contribution in [2.24, 2.45) is 0 Å². The molecule has 1 fully saturated rings. The zero-order valence-corrected chi connectivity index (χ0v) is 13.7. The van der Waals surface area contributed by atoms with Gasteiger partial charge in [-0.15, -0.1) is 0 Å². The number of ether oxygens (including phenoxy) is 1. The van der Waals surface area contributed by atoms with Gasteiger partial charge in [-0.2, -0.15) is 0 Å². The van der Waals surface area contributed by atoms with Gasteiger partial charge in [-0.05, 0) is 43.9 Å². The number of rotatable bonds is 4. The number of halogens is 1. The van der Waals surface area contributed by atoms with Crippen molar-refractivity contribution >= 4 is 21.8 Å². The number of amides is 1. The number of nitrogens with one attached hydrogen (secondary N) is 1. The highest BCUT2D eigenvalue weighted by molar-refractivity contribution is 9.10. The fraction of sp³-hybridized carbons (Fsp3) is 0.562. The minimum absolute atomic E-state index is 0.137. The van der Waals surface area contributed by atoms with Crippen LogP contribution >= 0.6 is 15.9 Å². The molecule has 1 aliphatic rings. The maximum atomic E-state index is 12.8. The Kier molecular flexibility index (Phi) is 5.22. The third-order valence-corrected chi connectivity index (χ3v) is 4.70. The van der Waals surface area contributed by atoms with Crippen LogP contribution in [0, 0.1) is 0 Å². The molecule has 1 aliphatic heterocycles. The molecule has 0 bridgehead atoms. The Morgan fingerprint density at radius 3 is 2.50 bits per heavy atom. The second-order valence-corrected chi connectivity index (χ2v) is 6.40. The van der Waals surface area contributed by atoms with Crippen LogP contribution in [0.3, 0.4) is 0 Å². The second kappa shape index (κ2) is 6.72. The first-order valence-corrected chi connectivity index (χ1v) is 8.02. The lowest BCUT2D eigenvalue weighted by Crippen LogP contribution is -2.50. The summed E-state index contributed by atoms with van der Waals surface area (Å²) in [5.41, 5.74) is 0.646. The topological polar surface area (TPSA) is 38.3 Å². The predicted octanol–water partition coefficient (Wildman–Crippen LogP) is 3.41. The Labute approximate surface area is 129 Å². The van der Waals surface area contributed by atoms with Gasteiger partial charge in [-0.3, -0.25) is 4.79 Å². The second-order valence-electron chi connectivity index (χ2n) is 5.48. The van der Waals surface area contributed by atoms with Crippen LogP contribution in [0.1, 0.15) is 38.7 Å². The summed E-state index contributed by atoms with van der Waals surface area (Å²) >= 11 is 3.45. The molecule has 1 N–H and O–H groups in total. The fourth-order valence-electron chi connectivity index (χ4n) is 2.60. The molecule has 1 saturated heterocycles. The summed E-state index contributed by atoms with van der Waals surface area (Å²) < 4.78 is 6.50. The van der Waals surface area contributed by atoms with Crippen molar-refractivity contribution in [1.82, 2.24) is 5.32 Å². The van der Waals surface area contributed by atoms with Gasteiger partial charge in [0.1, 0.15) is 0 Å². The average molecular weight is 340 g/mol. The molecule has 110 valence electrons. The lowest BCUT2D eigenvalue weighted by molar-refractivity contribution is -0.131. The molecule has 0 radical (unpaired) electrons. The molecule has 0 unspecified atom stereocenters. The van der Waals surface area contributed by atoms with E-state index in [9.17, 15) is 4.79 Å². The highest BCUT2D eigenvalue weighted by Crippen LogP contribution is 2.36. The van der Waals surface area contributed by atoms with E-state index in [1.807, 2.05) is 31.2 Å². The molecule has 0 aliphatic carbocycles. The summed E-state index contributed by atoms with van der Waals surface area (Å²) in [6, 6.07) is 8.31. The van der Waals surface area contributed by atoms with Crippen molar-refractivity contribution in [3.63, 3.8) is 0 Å². The number of hydrogen-bond donors (Lipinski definition) is 1. The molecule has 2 rings (SSSR count). The highest BCUT2D eigenvalue weighted by Gasteiger charge is 2.41. The summed E-state index contributed by atoms with van der Waals surface area (Å²) in [7, 11) is 0.